The standard InChI is InChI=1S/C16H24O4S/c1-5-18-12-9-14(19-6-2)16(13(17)11-21-8-4)15(10-12)20-7-3/h9-10H,5-8,11H2,1-4H3. The van der Waals surface area contributed by atoms with Crippen molar-refractivity contribution in [2.75, 3.05) is 31.3 Å². The number of hydrogen-bond donors (Lipinski definition) is 0. The van der Waals surface area contributed by atoms with E-state index in [9.17, 15) is 4.79 Å². The molecular weight excluding hydrogens is 288 g/mol. The summed E-state index contributed by atoms with van der Waals surface area (Å²) < 4.78 is 16.8. The Morgan fingerprint density at radius 1 is 0.952 bits per heavy atom. The molecule has 0 radical (unpaired) electrons. The molecule has 0 amide bonds. The average Bonchev–Trinajstić information content (AvgIpc) is 2.46. The van der Waals surface area contributed by atoms with Crippen molar-refractivity contribution < 1.29 is 19.0 Å². The topological polar surface area (TPSA) is 44.8 Å². The van der Waals surface area contributed by atoms with Gasteiger partial charge in [0.05, 0.1) is 25.6 Å². The fraction of sp³-hybridized carbons (Fsp3) is 0.562. The monoisotopic (exact) mass is 312 g/mol. The van der Waals surface area contributed by atoms with Gasteiger partial charge in [0.2, 0.25) is 0 Å². The van der Waals surface area contributed by atoms with Crippen molar-refractivity contribution in [1.29, 1.82) is 0 Å². The first-order chi connectivity index (χ1) is 10.2. The van der Waals surface area contributed by atoms with Crippen LogP contribution in [0, 0.1) is 0 Å². The van der Waals surface area contributed by atoms with Crippen molar-refractivity contribution in [2.45, 2.75) is 27.7 Å². The van der Waals surface area contributed by atoms with Crippen LogP contribution in [0.3, 0.4) is 0 Å². The van der Waals surface area contributed by atoms with E-state index in [0.29, 0.717) is 48.4 Å². The van der Waals surface area contributed by atoms with Crippen LogP contribution in [-0.2, 0) is 0 Å². The van der Waals surface area contributed by atoms with E-state index < -0.39 is 0 Å². The molecule has 21 heavy (non-hydrogen) atoms. The maximum atomic E-state index is 12.4. The minimum Gasteiger partial charge on any atom is -0.494 e. The molecule has 4 nitrogen and oxygen atoms in total. The number of thioether (sulfide) groups is 1. The minimum absolute atomic E-state index is 0.0248. The molecule has 0 bridgehead atoms. The third kappa shape index (κ3) is 5.16. The molecule has 0 aromatic heterocycles. The van der Waals surface area contributed by atoms with Crippen molar-refractivity contribution in [1.82, 2.24) is 0 Å². The second kappa shape index (κ2) is 9.55. The van der Waals surface area contributed by atoms with Crippen LogP contribution in [0.1, 0.15) is 38.1 Å². The summed E-state index contributed by atoms with van der Waals surface area (Å²) in [4.78, 5) is 12.4. The van der Waals surface area contributed by atoms with Crippen LogP contribution in [-0.4, -0.2) is 37.1 Å². The Bertz CT molecular complexity index is 433. The Kier molecular flexibility index (Phi) is 8.05. The largest absolute Gasteiger partial charge is 0.494 e. The van der Waals surface area contributed by atoms with Crippen molar-refractivity contribution in [3.05, 3.63) is 17.7 Å². The van der Waals surface area contributed by atoms with E-state index in [1.807, 2.05) is 27.7 Å². The smallest absolute Gasteiger partial charge is 0.180 e. The SMILES string of the molecule is CCOc1cc(OCC)c(C(=O)CSCC)c(OCC)c1. The van der Waals surface area contributed by atoms with Gasteiger partial charge in [-0.25, -0.2) is 0 Å². The van der Waals surface area contributed by atoms with Crippen LogP contribution >= 0.6 is 11.8 Å². The zero-order valence-electron chi connectivity index (χ0n) is 13.2. The summed E-state index contributed by atoms with van der Waals surface area (Å²) in [5.74, 6) is 3.07. The lowest BCUT2D eigenvalue weighted by Gasteiger charge is -2.16. The van der Waals surface area contributed by atoms with Crippen molar-refractivity contribution in [3.63, 3.8) is 0 Å². The van der Waals surface area contributed by atoms with Crippen molar-refractivity contribution in [3.8, 4) is 17.2 Å². The molecule has 0 saturated carbocycles. The van der Waals surface area contributed by atoms with E-state index in [1.54, 1.807) is 23.9 Å². The molecule has 0 spiro atoms. The number of hydrogen-bond acceptors (Lipinski definition) is 5. The summed E-state index contributed by atoms with van der Waals surface area (Å²) in [5.41, 5.74) is 0.517. The zero-order valence-corrected chi connectivity index (χ0v) is 14.0. The van der Waals surface area contributed by atoms with Crippen LogP contribution < -0.4 is 14.2 Å². The highest BCUT2D eigenvalue weighted by atomic mass is 32.2. The van der Waals surface area contributed by atoms with Crippen LogP contribution in [0.15, 0.2) is 12.1 Å². The van der Waals surface area contributed by atoms with Gasteiger partial charge in [0.15, 0.2) is 5.78 Å². The maximum Gasteiger partial charge on any atom is 0.180 e. The number of benzene rings is 1. The van der Waals surface area contributed by atoms with Gasteiger partial charge in [-0.05, 0) is 26.5 Å². The molecule has 0 aliphatic rings. The van der Waals surface area contributed by atoms with Crippen LogP contribution in [0.25, 0.3) is 0 Å². The van der Waals surface area contributed by atoms with Gasteiger partial charge >= 0.3 is 0 Å². The minimum atomic E-state index is 0.0248. The van der Waals surface area contributed by atoms with Crippen molar-refractivity contribution >= 4 is 17.5 Å². The summed E-state index contributed by atoms with van der Waals surface area (Å²) in [7, 11) is 0. The molecule has 5 heteroatoms. The molecular formula is C16H24O4S. The lowest BCUT2D eigenvalue weighted by Crippen LogP contribution is -2.10. The van der Waals surface area contributed by atoms with E-state index in [2.05, 4.69) is 0 Å². The molecule has 1 aromatic rings. The van der Waals surface area contributed by atoms with Gasteiger partial charge in [-0.1, -0.05) is 6.92 Å². The molecule has 0 aliphatic heterocycles. The highest BCUT2D eigenvalue weighted by Crippen LogP contribution is 2.35. The summed E-state index contributed by atoms with van der Waals surface area (Å²) in [6, 6.07) is 3.53. The summed E-state index contributed by atoms with van der Waals surface area (Å²) in [5, 5.41) is 0. The number of carbonyl (C=O) groups excluding carboxylic acids is 1. The Hall–Kier alpha value is -1.36. The van der Waals surface area contributed by atoms with Gasteiger partial charge < -0.3 is 14.2 Å². The van der Waals surface area contributed by atoms with Gasteiger partial charge in [-0.15, -0.1) is 0 Å². The number of Topliss-reactive ketones (excluding diaryl/α,β-unsaturated/α-hetero) is 1. The first-order valence-corrected chi connectivity index (χ1v) is 8.50. The third-order valence-corrected chi connectivity index (χ3v) is 3.54. The van der Waals surface area contributed by atoms with E-state index in [4.69, 9.17) is 14.2 Å². The zero-order chi connectivity index (χ0) is 15.7. The lowest BCUT2D eigenvalue weighted by molar-refractivity contribution is 0.101. The Labute approximate surface area is 131 Å². The molecule has 1 rings (SSSR count). The van der Waals surface area contributed by atoms with Crippen LogP contribution in [0.5, 0.6) is 17.2 Å². The first kappa shape index (κ1) is 17.7. The Morgan fingerprint density at radius 3 is 1.90 bits per heavy atom. The fourth-order valence-corrected chi connectivity index (χ4v) is 2.43. The third-order valence-electron chi connectivity index (χ3n) is 2.67. The molecule has 118 valence electrons. The molecule has 0 fully saturated rings. The molecule has 0 unspecified atom stereocenters. The van der Waals surface area contributed by atoms with E-state index in [-0.39, 0.29) is 5.78 Å². The van der Waals surface area contributed by atoms with Crippen molar-refractivity contribution in [2.24, 2.45) is 0 Å². The number of ketones is 1. The predicted octanol–water partition coefficient (Wildman–Crippen LogP) is 3.82. The molecule has 0 heterocycles. The second-order valence-corrected chi connectivity index (χ2v) is 5.43. The highest BCUT2D eigenvalue weighted by Gasteiger charge is 2.20. The molecule has 0 aliphatic carbocycles. The number of carbonyl (C=O) groups is 1. The van der Waals surface area contributed by atoms with Crippen LogP contribution in [0.4, 0.5) is 0 Å². The second-order valence-electron chi connectivity index (χ2n) is 4.15. The Morgan fingerprint density at radius 2 is 1.48 bits per heavy atom. The van der Waals surface area contributed by atoms with Gasteiger partial charge in [0.25, 0.3) is 0 Å². The summed E-state index contributed by atoms with van der Waals surface area (Å²) in [6.07, 6.45) is 0. The van der Waals surface area contributed by atoms with Gasteiger partial charge in [0, 0.05) is 12.1 Å². The number of ether oxygens (including phenoxy) is 3. The molecule has 0 saturated heterocycles. The predicted molar refractivity (Wildman–Crippen MR) is 87.3 cm³/mol. The Balaban J connectivity index is 3.23. The van der Waals surface area contributed by atoms with Gasteiger partial charge in [-0.3, -0.25) is 4.79 Å². The first-order valence-electron chi connectivity index (χ1n) is 7.35. The molecule has 0 N–H and O–H groups in total. The molecule has 1 aromatic carbocycles. The van der Waals surface area contributed by atoms with Crippen LogP contribution in [0.2, 0.25) is 0 Å². The van der Waals surface area contributed by atoms with E-state index in [0.717, 1.165) is 5.75 Å². The van der Waals surface area contributed by atoms with E-state index >= 15 is 0 Å². The number of rotatable bonds is 10. The lowest BCUT2D eigenvalue weighted by atomic mass is 10.1. The van der Waals surface area contributed by atoms with E-state index in [1.165, 1.54) is 0 Å². The quantitative estimate of drug-likeness (QED) is 0.615. The highest BCUT2D eigenvalue weighted by molar-refractivity contribution is 7.99. The maximum absolute atomic E-state index is 12.4. The fourth-order valence-electron chi connectivity index (χ4n) is 1.90. The average molecular weight is 312 g/mol. The molecule has 0 atom stereocenters. The normalized spacial score (nSPS) is 10.3. The van der Waals surface area contributed by atoms with Gasteiger partial charge in [0.1, 0.15) is 22.8 Å². The summed E-state index contributed by atoms with van der Waals surface area (Å²) >= 11 is 1.59. The van der Waals surface area contributed by atoms with Gasteiger partial charge in [-0.2, -0.15) is 11.8 Å². The summed E-state index contributed by atoms with van der Waals surface area (Å²) in [6.45, 7) is 9.26.